The number of carbonyl (C=O) groups is 1. The minimum atomic E-state index is -4.43. The number of alkyl halides is 3. The van der Waals surface area contributed by atoms with Crippen LogP contribution in [0.25, 0.3) is 22.7 Å². The highest BCUT2D eigenvalue weighted by atomic mass is 19.4. The molecule has 1 amide bonds. The van der Waals surface area contributed by atoms with Crippen molar-refractivity contribution in [2.45, 2.75) is 32.0 Å². The van der Waals surface area contributed by atoms with Gasteiger partial charge in [0.15, 0.2) is 6.61 Å². The number of likely N-dealkylation sites (tertiary alicyclic amines) is 1. The Balaban J connectivity index is 1.67. The van der Waals surface area contributed by atoms with Gasteiger partial charge in [0.05, 0.1) is 22.5 Å². The predicted molar refractivity (Wildman–Crippen MR) is 119 cm³/mol. The lowest BCUT2D eigenvalue weighted by molar-refractivity contribution is -0.153. The molecule has 0 saturated carbocycles. The van der Waals surface area contributed by atoms with Crippen molar-refractivity contribution in [1.82, 2.24) is 20.2 Å². The van der Waals surface area contributed by atoms with Crippen LogP contribution in [0.5, 0.6) is 5.75 Å². The molecule has 3 heterocycles. The molecule has 1 saturated heterocycles. The smallest absolute Gasteiger partial charge is 0.422 e. The number of halogens is 3. The summed E-state index contributed by atoms with van der Waals surface area (Å²) in [7, 11) is 2.02. The van der Waals surface area contributed by atoms with Crippen molar-refractivity contribution in [2.24, 2.45) is 0 Å². The molecular formula is C24H25F3N4O3. The van der Waals surface area contributed by atoms with Gasteiger partial charge in [-0.3, -0.25) is 9.78 Å². The number of carbonyl (C=O) groups excluding carboxylic acids is 1. The van der Waals surface area contributed by atoms with Crippen molar-refractivity contribution in [3.8, 4) is 28.5 Å². The molecule has 1 aliphatic rings. The number of benzene rings is 1. The van der Waals surface area contributed by atoms with Crippen LogP contribution in [0.1, 0.15) is 28.9 Å². The molecule has 7 nitrogen and oxygen atoms in total. The van der Waals surface area contributed by atoms with E-state index in [1.165, 1.54) is 24.6 Å². The molecule has 3 aromatic rings. The van der Waals surface area contributed by atoms with Crippen LogP contribution in [-0.2, 0) is 0 Å². The largest absolute Gasteiger partial charge is 0.484 e. The first kappa shape index (κ1) is 23.7. The van der Waals surface area contributed by atoms with Gasteiger partial charge < -0.3 is 19.4 Å². The number of rotatable bonds is 6. The molecule has 1 aliphatic heterocycles. The number of pyridine rings is 1. The Labute approximate surface area is 195 Å². The lowest BCUT2D eigenvalue weighted by Crippen LogP contribution is -2.46. The summed E-state index contributed by atoms with van der Waals surface area (Å²) in [6.07, 6.45) is 0.464. The number of oxazole rings is 1. The highest BCUT2D eigenvalue weighted by Crippen LogP contribution is 2.34. The third-order valence-corrected chi connectivity index (χ3v) is 5.52. The fourth-order valence-electron chi connectivity index (χ4n) is 3.98. The Morgan fingerprint density at radius 3 is 2.68 bits per heavy atom. The van der Waals surface area contributed by atoms with E-state index in [2.05, 4.69) is 20.2 Å². The lowest BCUT2D eigenvalue weighted by atomic mass is 9.99. The maximum atomic E-state index is 13.3. The average molecular weight is 474 g/mol. The molecule has 2 aromatic heterocycles. The summed E-state index contributed by atoms with van der Waals surface area (Å²) in [5, 5.41) is 3.10. The van der Waals surface area contributed by atoms with Crippen LogP contribution in [0.4, 0.5) is 13.2 Å². The minimum absolute atomic E-state index is 0.0204. The summed E-state index contributed by atoms with van der Waals surface area (Å²) in [6, 6.07) is 7.67. The second kappa shape index (κ2) is 9.84. The van der Waals surface area contributed by atoms with Crippen LogP contribution >= 0.6 is 0 Å². The van der Waals surface area contributed by atoms with Crippen molar-refractivity contribution in [3.63, 3.8) is 0 Å². The third-order valence-electron chi connectivity index (χ3n) is 5.52. The highest BCUT2D eigenvalue weighted by Gasteiger charge is 2.29. The van der Waals surface area contributed by atoms with E-state index in [1.807, 2.05) is 7.05 Å². The number of amides is 1. The van der Waals surface area contributed by atoms with Gasteiger partial charge in [0, 0.05) is 24.3 Å². The zero-order valence-corrected chi connectivity index (χ0v) is 18.9. The number of nitrogens with zero attached hydrogens (tertiary/aromatic N) is 3. The first-order chi connectivity index (χ1) is 16.2. The summed E-state index contributed by atoms with van der Waals surface area (Å²) in [6.45, 7) is 2.15. The Morgan fingerprint density at radius 1 is 1.26 bits per heavy atom. The highest BCUT2D eigenvalue weighted by molar-refractivity contribution is 6.03. The topological polar surface area (TPSA) is 80.5 Å². The van der Waals surface area contributed by atoms with Gasteiger partial charge in [0.1, 0.15) is 12.0 Å². The number of piperidine rings is 1. The molecule has 0 radical (unpaired) electrons. The maximum Gasteiger partial charge on any atom is 0.422 e. The van der Waals surface area contributed by atoms with Gasteiger partial charge in [-0.15, -0.1) is 0 Å². The number of aromatic nitrogens is 2. The van der Waals surface area contributed by atoms with Crippen LogP contribution in [0.3, 0.4) is 0 Å². The van der Waals surface area contributed by atoms with Crippen molar-refractivity contribution < 1.29 is 27.1 Å². The second-order valence-corrected chi connectivity index (χ2v) is 8.38. The van der Waals surface area contributed by atoms with Gasteiger partial charge in [-0.25, -0.2) is 4.98 Å². The Hall–Kier alpha value is -3.40. The van der Waals surface area contributed by atoms with Gasteiger partial charge in [0.2, 0.25) is 5.89 Å². The zero-order valence-electron chi connectivity index (χ0n) is 18.9. The molecule has 34 heavy (non-hydrogen) atoms. The quantitative estimate of drug-likeness (QED) is 0.568. The molecule has 0 aliphatic carbocycles. The summed E-state index contributed by atoms with van der Waals surface area (Å²) < 4.78 is 47.7. The molecule has 1 fully saturated rings. The predicted octanol–water partition coefficient (Wildman–Crippen LogP) is 4.48. The Morgan fingerprint density at radius 2 is 2.03 bits per heavy atom. The summed E-state index contributed by atoms with van der Waals surface area (Å²) in [5.74, 6) is 0.0498. The van der Waals surface area contributed by atoms with Crippen LogP contribution < -0.4 is 10.1 Å². The second-order valence-electron chi connectivity index (χ2n) is 8.38. The Kier molecular flexibility index (Phi) is 6.87. The molecule has 4 rings (SSSR count). The van der Waals surface area contributed by atoms with Crippen molar-refractivity contribution >= 4 is 5.91 Å². The number of hydrogen-bond acceptors (Lipinski definition) is 6. The van der Waals surface area contributed by atoms with E-state index in [-0.39, 0.29) is 23.6 Å². The van der Waals surface area contributed by atoms with Crippen LogP contribution in [-0.4, -0.2) is 59.7 Å². The van der Waals surface area contributed by atoms with Gasteiger partial charge in [-0.2, -0.15) is 13.2 Å². The van der Waals surface area contributed by atoms with Crippen molar-refractivity contribution in [3.05, 3.63) is 54.0 Å². The molecule has 10 heteroatoms. The SMILES string of the molecule is Cc1coc(-c2c(C(=O)NC3CCCN(C)C3)ccnc2-c2ccc(OCC(F)(F)F)cc2)n1. The van der Waals surface area contributed by atoms with E-state index in [0.29, 0.717) is 28.1 Å². The fourth-order valence-corrected chi connectivity index (χ4v) is 3.98. The maximum absolute atomic E-state index is 13.3. The first-order valence-electron chi connectivity index (χ1n) is 10.9. The number of ether oxygens (including phenoxy) is 1. The molecule has 0 bridgehead atoms. The lowest BCUT2D eigenvalue weighted by Gasteiger charge is -2.30. The minimum Gasteiger partial charge on any atom is -0.484 e. The van der Waals surface area contributed by atoms with Crippen LogP contribution in [0, 0.1) is 6.92 Å². The van der Waals surface area contributed by atoms with Gasteiger partial charge in [-0.05, 0) is 63.7 Å². The zero-order chi connectivity index (χ0) is 24.3. The normalized spacial score (nSPS) is 16.9. The van der Waals surface area contributed by atoms with E-state index < -0.39 is 12.8 Å². The van der Waals surface area contributed by atoms with E-state index in [0.717, 1.165) is 25.9 Å². The van der Waals surface area contributed by atoms with E-state index in [9.17, 15) is 18.0 Å². The summed E-state index contributed by atoms with van der Waals surface area (Å²) in [5.41, 5.74) is 2.43. The molecular weight excluding hydrogens is 449 g/mol. The van der Waals surface area contributed by atoms with E-state index in [1.54, 1.807) is 25.1 Å². The van der Waals surface area contributed by atoms with Gasteiger partial charge in [0.25, 0.3) is 5.91 Å². The van der Waals surface area contributed by atoms with Crippen LogP contribution in [0.2, 0.25) is 0 Å². The monoisotopic (exact) mass is 474 g/mol. The fraction of sp³-hybridized carbons (Fsp3) is 0.375. The Bertz CT molecular complexity index is 1150. The average Bonchev–Trinajstić information content (AvgIpc) is 3.23. The molecule has 1 aromatic carbocycles. The van der Waals surface area contributed by atoms with Gasteiger partial charge >= 0.3 is 6.18 Å². The van der Waals surface area contributed by atoms with Crippen molar-refractivity contribution in [1.29, 1.82) is 0 Å². The molecule has 0 spiro atoms. The molecule has 180 valence electrons. The van der Waals surface area contributed by atoms with Crippen molar-refractivity contribution in [2.75, 3.05) is 26.7 Å². The van der Waals surface area contributed by atoms with Gasteiger partial charge in [-0.1, -0.05) is 0 Å². The van der Waals surface area contributed by atoms with E-state index in [4.69, 9.17) is 9.15 Å². The number of likely N-dealkylation sites (N-methyl/N-ethyl adjacent to an activating group) is 1. The standard InChI is InChI=1S/C24H25F3N4O3/c1-15-13-33-23(29-15)20-19(22(32)30-17-4-3-11-31(2)12-17)9-10-28-21(20)16-5-7-18(8-6-16)34-14-24(25,26)27/h5-10,13,17H,3-4,11-12,14H2,1-2H3,(H,30,32). The third kappa shape index (κ3) is 5.74. The summed E-state index contributed by atoms with van der Waals surface area (Å²) >= 11 is 0. The number of nitrogens with one attached hydrogen (secondary N) is 1. The molecule has 1 atom stereocenters. The van der Waals surface area contributed by atoms with E-state index >= 15 is 0 Å². The summed E-state index contributed by atoms with van der Waals surface area (Å²) in [4.78, 5) is 24.3. The molecule has 1 N–H and O–H groups in total. The number of hydrogen-bond donors (Lipinski definition) is 1. The first-order valence-corrected chi connectivity index (χ1v) is 10.9. The molecule has 1 unspecified atom stereocenters. The number of aryl methyl sites for hydroxylation is 1. The van der Waals surface area contributed by atoms with Crippen LogP contribution in [0.15, 0.2) is 47.2 Å².